The fourth-order valence-corrected chi connectivity index (χ4v) is 2.23. The number of ether oxygens (including phenoxy) is 1. The van der Waals surface area contributed by atoms with E-state index in [0.717, 1.165) is 30.0 Å². The van der Waals surface area contributed by atoms with Gasteiger partial charge in [-0.1, -0.05) is 17.3 Å². The Morgan fingerprint density at radius 2 is 2.05 bits per heavy atom. The Hall–Kier alpha value is -2.63. The van der Waals surface area contributed by atoms with Gasteiger partial charge >= 0.3 is 0 Å². The molecule has 2 heterocycles. The van der Waals surface area contributed by atoms with Gasteiger partial charge in [-0.05, 0) is 24.1 Å². The molecule has 0 aliphatic rings. The zero-order chi connectivity index (χ0) is 14.7. The van der Waals surface area contributed by atoms with E-state index in [1.54, 1.807) is 11.8 Å². The fourth-order valence-electron chi connectivity index (χ4n) is 2.23. The first-order valence-electron chi connectivity index (χ1n) is 6.77. The molecule has 0 saturated carbocycles. The second kappa shape index (κ2) is 5.78. The minimum Gasteiger partial charge on any atom is -0.496 e. The van der Waals surface area contributed by atoms with Crippen LogP contribution in [-0.2, 0) is 20.0 Å². The highest BCUT2D eigenvalue weighted by Crippen LogP contribution is 2.27. The molecule has 2 aromatic heterocycles. The van der Waals surface area contributed by atoms with E-state index >= 15 is 0 Å². The van der Waals surface area contributed by atoms with Crippen LogP contribution in [-0.4, -0.2) is 31.9 Å². The standard InChI is InChI=1S/C15H17N5O/c1-19-10-12(9-16-19)7-8-20-11-14(17-18-20)13-5-3-4-6-15(13)21-2/h3-6,9-11H,7-8H2,1-2H3. The van der Waals surface area contributed by atoms with Gasteiger partial charge in [0.25, 0.3) is 0 Å². The Balaban J connectivity index is 1.74. The van der Waals surface area contributed by atoms with E-state index in [2.05, 4.69) is 15.4 Å². The maximum atomic E-state index is 5.35. The van der Waals surface area contributed by atoms with E-state index in [0.29, 0.717) is 0 Å². The Morgan fingerprint density at radius 3 is 2.81 bits per heavy atom. The summed E-state index contributed by atoms with van der Waals surface area (Å²) >= 11 is 0. The molecule has 6 heteroatoms. The highest BCUT2D eigenvalue weighted by molar-refractivity contribution is 5.65. The van der Waals surface area contributed by atoms with Crippen LogP contribution >= 0.6 is 0 Å². The van der Waals surface area contributed by atoms with Gasteiger partial charge in [-0.3, -0.25) is 9.36 Å². The zero-order valence-electron chi connectivity index (χ0n) is 12.1. The average molecular weight is 283 g/mol. The van der Waals surface area contributed by atoms with Gasteiger partial charge in [0.15, 0.2) is 0 Å². The average Bonchev–Trinajstić information content (AvgIpc) is 3.14. The van der Waals surface area contributed by atoms with Crippen LogP contribution in [0.3, 0.4) is 0 Å². The summed E-state index contributed by atoms with van der Waals surface area (Å²) in [6.07, 6.45) is 6.70. The summed E-state index contributed by atoms with van der Waals surface area (Å²) in [5, 5.41) is 12.6. The molecule has 0 radical (unpaired) electrons. The predicted molar refractivity (Wildman–Crippen MR) is 78.9 cm³/mol. The van der Waals surface area contributed by atoms with Crippen LogP contribution in [0.5, 0.6) is 5.75 Å². The van der Waals surface area contributed by atoms with E-state index in [4.69, 9.17) is 4.74 Å². The van der Waals surface area contributed by atoms with Crippen LogP contribution in [0.15, 0.2) is 42.9 Å². The first kappa shape index (κ1) is 13.4. The van der Waals surface area contributed by atoms with Gasteiger partial charge in [0.1, 0.15) is 11.4 Å². The van der Waals surface area contributed by atoms with Crippen LogP contribution in [0, 0.1) is 0 Å². The molecule has 0 amide bonds. The lowest BCUT2D eigenvalue weighted by atomic mass is 10.1. The Bertz CT molecular complexity index is 731. The zero-order valence-corrected chi connectivity index (χ0v) is 12.1. The summed E-state index contributed by atoms with van der Waals surface area (Å²) in [4.78, 5) is 0. The largest absolute Gasteiger partial charge is 0.496 e. The number of hydrogen-bond donors (Lipinski definition) is 0. The van der Waals surface area contributed by atoms with Crippen molar-refractivity contribution < 1.29 is 4.74 Å². The van der Waals surface area contributed by atoms with Crippen LogP contribution in [0.25, 0.3) is 11.3 Å². The van der Waals surface area contributed by atoms with Gasteiger partial charge in [-0.25, -0.2) is 0 Å². The van der Waals surface area contributed by atoms with Crippen LogP contribution in [0.2, 0.25) is 0 Å². The Kier molecular flexibility index (Phi) is 3.68. The molecule has 0 bridgehead atoms. The molecule has 0 spiro atoms. The first-order valence-corrected chi connectivity index (χ1v) is 6.77. The maximum absolute atomic E-state index is 5.35. The van der Waals surface area contributed by atoms with E-state index in [9.17, 15) is 0 Å². The van der Waals surface area contributed by atoms with Gasteiger partial charge in [0.05, 0.1) is 19.5 Å². The molecule has 3 rings (SSSR count). The third-order valence-corrected chi connectivity index (χ3v) is 3.31. The number of para-hydroxylation sites is 1. The van der Waals surface area contributed by atoms with Gasteiger partial charge in [-0.2, -0.15) is 5.10 Å². The van der Waals surface area contributed by atoms with Gasteiger partial charge in [0.2, 0.25) is 0 Å². The number of aromatic nitrogens is 5. The van der Waals surface area contributed by atoms with Gasteiger partial charge in [0, 0.05) is 25.4 Å². The summed E-state index contributed by atoms with van der Waals surface area (Å²) in [5.41, 5.74) is 2.96. The number of hydrogen-bond acceptors (Lipinski definition) is 4. The van der Waals surface area contributed by atoms with E-state index in [1.165, 1.54) is 5.56 Å². The van der Waals surface area contributed by atoms with Crippen molar-refractivity contribution in [2.24, 2.45) is 7.05 Å². The van der Waals surface area contributed by atoms with Gasteiger partial charge in [-0.15, -0.1) is 5.10 Å². The van der Waals surface area contributed by atoms with Crippen molar-refractivity contribution in [1.82, 2.24) is 24.8 Å². The number of aryl methyl sites for hydroxylation is 3. The highest BCUT2D eigenvalue weighted by atomic mass is 16.5. The second-order valence-electron chi connectivity index (χ2n) is 4.84. The number of benzene rings is 1. The quantitative estimate of drug-likeness (QED) is 0.718. The van der Waals surface area contributed by atoms with Crippen molar-refractivity contribution in [3.8, 4) is 17.0 Å². The molecule has 0 aliphatic heterocycles. The Labute approximate surface area is 123 Å². The minimum atomic E-state index is 0.772. The molecule has 21 heavy (non-hydrogen) atoms. The first-order chi connectivity index (χ1) is 10.3. The van der Waals surface area contributed by atoms with Crippen molar-refractivity contribution in [1.29, 1.82) is 0 Å². The maximum Gasteiger partial charge on any atom is 0.128 e. The lowest BCUT2D eigenvalue weighted by Crippen LogP contribution is -2.01. The summed E-state index contributed by atoms with van der Waals surface area (Å²) in [7, 11) is 3.57. The lowest BCUT2D eigenvalue weighted by Gasteiger charge is -2.04. The molecule has 1 aromatic carbocycles. The van der Waals surface area contributed by atoms with Crippen molar-refractivity contribution in [2.45, 2.75) is 13.0 Å². The number of rotatable bonds is 5. The van der Waals surface area contributed by atoms with E-state index in [1.807, 2.05) is 54.6 Å². The second-order valence-corrected chi connectivity index (χ2v) is 4.84. The molecule has 108 valence electrons. The van der Waals surface area contributed by atoms with Crippen molar-refractivity contribution in [3.05, 3.63) is 48.4 Å². The normalized spacial score (nSPS) is 10.8. The van der Waals surface area contributed by atoms with Gasteiger partial charge < -0.3 is 4.74 Å². The molecule has 3 aromatic rings. The third-order valence-electron chi connectivity index (χ3n) is 3.31. The minimum absolute atomic E-state index is 0.772. The van der Waals surface area contributed by atoms with E-state index in [-0.39, 0.29) is 0 Å². The number of nitrogens with zero attached hydrogens (tertiary/aromatic N) is 5. The lowest BCUT2D eigenvalue weighted by molar-refractivity contribution is 0.416. The third kappa shape index (κ3) is 2.94. The van der Waals surface area contributed by atoms with Crippen molar-refractivity contribution in [2.75, 3.05) is 7.11 Å². The molecule has 0 aliphatic carbocycles. The van der Waals surface area contributed by atoms with Crippen molar-refractivity contribution in [3.63, 3.8) is 0 Å². The molecule has 0 unspecified atom stereocenters. The predicted octanol–water partition coefficient (Wildman–Crippen LogP) is 1.93. The molecule has 0 atom stereocenters. The fraction of sp³-hybridized carbons (Fsp3) is 0.267. The SMILES string of the molecule is COc1ccccc1-c1cn(CCc2cnn(C)c2)nn1. The highest BCUT2D eigenvalue weighted by Gasteiger charge is 2.09. The smallest absolute Gasteiger partial charge is 0.128 e. The van der Waals surface area contributed by atoms with Crippen molar-refractivity contribution >= 4 is 0 Å². The topological polar surface area (TPSA) is 57.8 Å². The summed E-state index contributed by atoms with van der Waals surface area (Å²) < 4.78 is 9.00. The molecule has 0 fully saturated rings. The summed E-state index contributed by atoms with van der Waals surface area (Å²) in [6, 6.07) is 7.81. The molecule has 6 nitrogen and oxygen atoms in total. The molecule has 0 saturated heterocycles. The monoisotopic (exact) mass is 283 g/mol. The Morgan fingerprint density at radius 1 is 1.19 bits per heavy atom. The van der Waals surface area contributed by atoms with Crippen LogP contribution < -0.4 is 4.74 Å². The summed E-state index contributed by atoms with van der Waals surface area (Å²) in [5.74, 6) is 0.803. The molecular weight excluding hydrogens is 266 g/mol. The van der Waals surface area contributed by atoms with E-state index < -0.39 is 0 Å². The summed E-state index contributed by atoms with van der Waals surface area (Å²) in [6.45, 7) is 0.772. The molecule has 0 N–H and O–H groups in total. The van der Waals surface area contributed by atoms with Crippen LogP contribution in [0.1, 0.15) is 5.56 Å². The number of methoxy groups -OCH3 is 1. The molecular formula is C15H17N5O. The van der Waals surface area contributed by atoms with Crippen LogP contribution in [0.4, 0.5) is 0 Å².